The molecule has 26 heavy (non-hydrogen) atoms. The van der Waals surface area contributed by atoms with Gasteiger partial charge in [-0.05, 0) is 12.1 Å². The van der Waals surface area contributed by atoms with Gasteiger partial charge in [0.1, 0.15) is 11.4 Å². The number of hydrogen-bond donors (Lipinski definition) is 1. The molecule has 1 heterocycles. The number of ether oxygens (including phenoxy) is 2. The number of para-hydroxylation sites is 1. The lowest BCUT2D eigenvalue weighted by atomic mass is 10.2. The van der Waals surface area contributed by atoms with Gasteiger partial charge in [-0.2, -0.15) is 5.10 Å². The second-order valence-electron chi connectivity index (χ2n) is 5.11. The SMILES string of the molecule is COCCn1nc(C(=O)NCc2ccccc2OC(F)(F)F)ccc1=O. The maximum atomic E-state index is 12.4. The van der Waals surface area contributed by atoms with Crippen molar-refractivity contribution in [3.05, 3.63) is 58.0 Å². The Bertz CT molecular complexity index is 821. The molecule has 0 fully saturated rings. The van der Waals surface area contributed by atoms with Gasteiger partial charge >= 0.3 is 6.36 Å². The lowest BCUT2D eigenvalue weighted by Gasteiger charge is -2.13. The van der Waals surface area contributed by atoms with Crippen molar-refractivity contribution in [2.24, 2.45) is 0 Å². The number of rotatable bonds is 7. The van der Waals surface area contributed by atoms with Crippen molar-refractivity contribution < 1.29 is 27.4 Å². The Morgan fingerprint density at radius 2 is 1.96 bits per heavy atom. The highest BCUT2D eigenvalue weighted by Crippen LogP contribution is 2.26. The van der Waals surface area contributed by atoms with Gasteiger partial charge in [0.15, 0.2) is 0 Å². The van der Waals surface area contributed by atoms with E-state index < -0.39 is 23.6 Å². The number of benzene rings is 1. The first-order valence-electron chi connectivity index (χ1n) is 7.49. The Hall–Kier alpha value is -2.88. The molecule has 0 spiro atoms. The van der Waals surface area contributed by atoms with Gasteiger partial charge in [0.2, 0.25) is 0 Å². The lowest BCUT2D eigenvalue weighted by molar-refractivity contribution is -0.274. The van der Waals surface area contributed by atoms with E-state index in [1.165, 1.54) is 37.4 Å². The molecule has 0 saturated carbocycles. The van der Waals surface area contributed by atoms with Crippen molar-refractivity contribution >= 4 is 5.91 Å². The third kappa shape index (κ3) is 5.59. The molecule has 0 unspecified atom stereocenters. The van der Waals surface area contributed by atoms with Gasteiger partial charge in [-0.1, -0.05) is 18.2 Å². The molecule has 0 aliphatic carbocycles. The fourth-order valence-corrected chi connectivity index (χ4v) is 2.05. The van der Waals surface area contributed by atoms with Crippen molar-refractivity contribution in [1.82, 2.24) is 15.1 Å². The molecular formula is C16H16F3N3O4. The van der Waals surface area contributed by atoms with Crippen LogP contribution in [-0.4, -0.2) is 35.8 Å². The summed E-state index contributed by atoms with van der Waals surface area (Å²) >= 11 is 0. The summed E-state index contributed by atoms with van der Waals surface area (Å²) < 4.78 is 47.1. The van der Waals surface area contributed by atoms with Gasteiger partial charge in [-0.25, -0.2) is 4.68 Å². The van der Waals surface area contributed by atoms with Crippen molar-refractivity contribution in [3.63, 3.8) is 0 Å². The van der Waals surface area contributed by atoms with E-state index in [4.69, 9.17) is 4.74 Å². The number of carbonyl (C=O) groups is 1. The van der Waals surface area contributed by atoms with Crippen molar-refractivity contribution in [2.75, 3.05) is 13.7 Å². The molecule has 0 saturated heterocycles. The first-order chi connectivity index (χ1) is 12.3. The minimum atomic E-state index is -4.83. The molecule has 2 rings (SSSR count). The summed E-state index contributed by atoms with van der Waals surface area (Å²) in [4.78, 5) is 23.8. The van der Waals surface area contributed by atoms with Crippen LogP contribution in [0.4, 0.5) is 13.2 Å². The topological polar surface area (TPSA) is 82.5 Å². The molecule has 0 bridgehead atoms. The number of nitrogens with zero attached hydrogens (tertiary/aromatic N) is 2. The van der Waals surface area contributed by atoms with Gasteiger partial charge in [-0.3, -0.25) is 9.59 Å². The van der Waals surface area contributed by atoms with Gasteiger partial charge < -0.3 is 14.8 Å². The van der Waals surface area contributed by atoms with Crippen LogP contribution in [0, 0.1) is 0 Å². The molecule has 0 aliphatic heterocycles. The summed E-state index contributed by atoms with van der Waals surface area (Å²) in [5.74, 6) is -1.05. The van der Waals surface area contributed by atoms with Crippen molar-refractivity contribution in [3.8, 4) is 5.75 Å². The predicted molar refractivity (Wildman–Crippen MR) is 84.7 cm³/mol. The number of amides is 1. The van der Waals surface area contributed by atoms with Crippen LogP contribution in [0.2, 0.25) is 0 Å². The van der Waals surface area contributed by atoms with Crippen LogP contribution in [0.5, 0.6) is 5.75 Å². The Kier molecular flexibility index (Phi) is 6.34. The highest BCUT2D eigenvalue weighted by molar-refractivity contribution is 5.91. The summed E-state index contributed by atoms with van der Waals surface area (Å²) in [7, 11) is 1.46. The quantitative estimate of drug-likeness (QED) is 0.801. The van der Waals surface area contributed by atoms with Crippen molar-refractivity contribution in [1.29, 1.82) is 0 Å². The maximum absolute atomic E-state index is 12.4. The number of halogens is 3. The van der Waals surface area contributed by atoms with E-state index in [2.05, 4.69) is 15.2 Å². The molecule has 1 aromatic carbocycles. The molecule has 0 atom stereocenters. The van der Waals surface area contributed by atoms with Crippen molar-refractivity contribution in [2.45, 2.75) is 19.5 Å². The number of hydrogen-bond acceptors (Lipinski definition) is 5. The molecule has 1 amide bonds. The summed E-state index contributed by atoms with van der Waals surface area (Å²) in [5.41, 5.74) is -0.302. The third-order valence-electron chi connectivity index (χ3n) is 3.24. The zero-order valence-corrected chi connectivity index (χ0v) is 13.7. The molecule has 1 aromatic heterocycles. The number of methoxy groups -OCH3 is 1. The third-order valence-corrected chi connectivity index (χ3v) is 3.24. The Morgan fingerprint density at radius 1 is 1.23 bits per heavy atom. The van der Waals surface area contributed by atoms with Crippen LogP contribution >= 0.6 is 0 Å². The van der Waals surface area contributed by atoms with E-state index in [-0.39, 0.29) is 31.0 Å². The van der Waals surface area contributed by atoms with Crippen LogP contribution in [0.15, 0.2) is 41.2 Å². The standard InChI is InChI=1S/C16H16F3N3O4/c1-25-9-8-22-14(23)7-6-12(21-22)15(24)20-10-11-4-2-3-5-13(11)26-16(17,18)19/h2-7H,8-10H2,1H3,(H,20,24). The number of alkyl halides is 3. The molecule has 140 valence electrons. The normalized spacial score (nSPS) is 11.2. The first-order valence-corrected chi connectivity index (χ1v) is 7.49. The summed E-state index contributed by atoms with van der Waals surface area (Å²) in [6.07, 6.45) is -4.83. The fraction of sp³-hybridized carbons (Fsp3) is 0.312. The number of nitrogens with one attached hydrogen (secondary N) is 1. The van der Waals surface area contributed by atoms with E-state index in [9.17, 15) is 22.8 Å². The fourth-order valence-electron chi connectivity index (χ4n) is 2.05. The van der Waals surface area contributed by atoms with Gasteiger partial charge in [-0.15, -0.1) is 13.2 Å². The van der Waals surface area contributed by atoms with Crippen LogP contribution in [-0.2, 0) is 17.8 Å². The monoisotopic (exact) mass is 371 g/mol. The average molecular weight is 371 g/mol. The molecular weight excluding hydrogens is 355 g/mol. The maximum Gasteiger partial charge on any atom is 0.573 e. The van der Waals surface area contributed by atoms with Crippen LogP contribution < -0.4 is 15.6 Å². The molecule has 2 aromatic rings. The van der Waals surface area contributed by atoms with E-state index in [0.717, 1.165) is 10.7 Å². The number of carbonyl (C=O) groups excluding carboxylic acids is 1. The van der Waals surface area contributed by atoms with Gasteiger partial charge in [0.25, 0.3) is 11.5 Å². The zero-order chi connectivity index (χ0) is 19.2. The summed E-state index contributed by atoms with van der Waals surface area (Å²) in [5, 5.41) is 6.35. The highest BCUT2D eigenvalue weighted by atomic mass is 19.4. The average Bonchev–Trinajstić information content (AvgIpc) is 2.58. The Morgan fingerprint density at radius 3 is 2.65 bits per heavy atom. The molecule has 0 aliphatic rings. The van der Waals surface area contributed by atoms with Gasteiger partial charge in [0.05, 0.1) is 13.2 Å². The second-order valence-corrected chi connectivity index (χ2v) is 5.11. The van der Waals surface area contributed by atoms with Crippen LogP contribution in [0.1, 0.15) is 16.1 Å². The minimum Gasteiger partial charge on any atom is -0.405 e. The van der Waals surface area contributed by atoms with E-state index >= 15 is 0 Å². The molecule has 0 radical (unpaired) electrons. The van der Waals surface area contributed by atoms with Crippen LogP contribution in [0.25, 0.3) is 0 Å². The smallest absolute Gasteiger partial charge is 0.405 e. The zero-order valence-electron chi connectivity index (χ0n) is 13.7. The molecule has 7 nitrogen and oxygen atoms in total. The van der Waals surface area contributed by atoms with Crippen LogP contribution in [0.3, 0.4) is 0 Å². The minimum absolute atomic E-state index is 0.0464. The largest absolute Gasteiger partial charge is 0.573 e. The molecule has 1 N–H and O–H groups in total. The summed E-state index contributed by atoms with van der Waals surface area (Å²) in [6, 6.07) is 7.87. The Labute approximate surface area is 146 Å². The predicted octanol–water partition coefficient (Wildman–Crippen LogP) is 1.72. The van der Waals surface area contributed by atoms with E-state index in [1.54, 1.807) is 0 Å². The highest BCUT2D eigenvalue weighted by Gasteiger charge is 2.32. The molecule has 10 heteroatoms. The van der Waals surface area contributed by atoms with Gasteiger partial charge in [0, 0.05) is 25.3 Å². The summed E-state index contributed by atoms with van der Waals surface area (Å²) in [6.45, 7) is 0.197. The van der Waals surface area contributed by atoms with E-state index in [0.29, 0.717) is 0 Å². The Balaban J connectivity index is 2.09. The lowest BCUT2D eigenvalue weighted by Crippen LogP contribution is -2.30. The number of aromatic nitrogens is 2. The first kappa shape index (κ1) is 19.4. The second kappa shape index (κ2) is 8.48. The van der Waals surface area contributed by atoms with E-state index in [1.807, 2.05) is 0 Å².